The first-order valence-electron chi connectivity index (χ1n) is 2.39. The van der Waals surface area contributed by atoms with E-state index in [2.05, 4.69) is 21.0 Å². The maximum absolute atomic E-state index is 10.2. The van der Waals surface area contributed by atoms with Gasteiger partial charge in [0.2, 0.25) is 0 Å². The maximum Gasteiger partial charge on any atom is 0.168 e. The zero-order chi connectivity index (χ0) is 6.85. The number of hydrogen-bond acceptors (Lipinski definition) is 2. The van der Waals surface area contributed by atoms with Gasteiger partial charge in [0.1, 0.15) is 10.3 Å². The maximum atomic E-state index is 10.2. The van der Waals surface area contributed by atoms with E-state index in [0.717, 1.165) is 6.29 Å². The zero-order valence-corrected chi connectivity index (χ0v) is 6.42. The molecular weight excluding hydrogens is 184 g/mol. The minimum atomic E-state index is 0.571. The fraction of sp³-hybridized carbons (Fsp3) is 0.200. The standard InChI is InChI=1S/C5H5BrN2O/c1-8-4(3-9)2-5(6)7-8/h2-3H,1H3. The van der Waals surface area contributed by atoms with Crippen molar-refractivity contribution >= 4 is 22.2 Å². The predicted octanol–water partition coefficient (Wildman–Crippen LogP) is 0.995. The molecule has 4 heteroatoms. The van der Waals surface area contributed by atoms with Gasteiger partial charge in [-0.1, -0.05) is 0 Å². The van der Waals surface area contributed by atoms with Gasteiger partial charge in [0, 0.05) is 13.1 Å². The van der Waals surface area contributed by atoms with E-state index in [4.69, 9.17) is 0 Å². The molecule has 0 aliphatic heterocycles. The van der Waals surface area contributed by atoms with E-state index < -0.39 is 0 Å². The Morgan fingerprint density at radius 3 is 2.78 bits per heavy atom. The lowest BCUT2D eigenvalue weighted by molar-refractivity contribution is 0.111. The van der Waals surface area contributed by atoms with Crippen molar-refractivity contribution in [2.45, 2.75) is 0 Å². The molecule has 1 heterocycles. The van der Waals surface area contributed by atoms with Gasteiger partial charge in [0.05, 0.1) is 0 Å². The lowest BCUT2D eigenvalue weighted by Gasteiger charge is -1.86. The second kappa shape index (κ2) is 2.31. The number of halogens is 1. The Morgan fingerprint density at radius 2 is 2.56 bits per heavy atom. The summed E-state index contributed by atoms with van der Waals surface area (Å²) in [5.74, 6) is 0. The zero-order valence-electron chi connectivity index (χ0n) is 4.84. The molecule has 0 spiro atoms. The summed E-state index contributed by atoms with van der Waals surface area (Å²) < 4.78 is 2.20. The first-order chi connectivity index (χ1) is 4.24. The van der Waals surface area contributed by atoms with E-state index in [1.54, 1.807) is 13.1 Å². The Hall–Kier alpha value is -0.640. The minimum absolute atomic E-state index is 0.571. The van der Waals surface area contributed by atoms with Gasteiger partial charge in [-0.05, 0) is 15.9 Å². The molecule has 3 nitrogen and oxygen atoms in total. The van der Waals surface area contributed by atoms with Gasteiger partial charge in [-0.25, -0.2) is 0 Å². The molecule has 1 rings (SSSR count). The number of aromatic nitrogens is 2. The van der Waals surface area contributed by atoms with Gasteiger partial charge in [0.15, 0.2) is 6.29 Å². The number of hydrogen-bond donors (Lipinski definition) is 0. The molecule has 0 bridgehead atoms. The van der Waals surface area contributed by atoms with Gasteiger partial charge >= 0.3 is 0 Å². The molecule has 0 aliphatic carbocycles. The van der Waals surface area contributed by atoms with Crippen LogP contribution in [0.15, 0.2) is 10.7 Å². The van der Waals surface area contributed by atoms with Crippen LogP contribution in [0.5, 0.6) is 0 Å². The Kier molecular flexibility index (Phi) is 1.66. The average molecular weight is 189 g/mol. The Morgan fingerprint density at radius 1 is 1.89 bits per heavy atom. The number of aldehydes is 1. The summed E-state index contributed by atoms with van der Waals surface area (Å²) in [6.07, 6.45) is 0.762. The number of rotatable bonds is 1. The summed E-state index contributed by atoms with van der Waals surface area (Å²) >= 11 is 3.13. The highest BCUT2D eigenvalue weighted by Gasteiger charge is 1.98. The third kappa shape index (κ3) is 1.18. The molecule has 1 aromatic rings. The fourth-order valence-corrected chi connectivity index (χ4v) is 1.03. The van der Waals surface area contributed by atoms with Crippen LogP contribution in [0.2, 0.25) is 0 Å². The largest absolute Gasteiger partial charge is 0.296 e. The normalized spacial score (nSPS) is 9.56. The van der Waals surface area contributed by atoms with E-state index in [0.29, 0.717) is 10.3 Å². The van der Waals surface area contributed by atoms with Crippen LogP contribution < -0.4 is 0 Å². The molecular formula is C5H5BrN2O. The van der Waals surface area contributed by atoms with Crippen molar-refractivity contribution < 1.29 is 4.79 Å². The molecule has 0 amide bonds. The van der Waals surface area contributed by atoms with Gasteiger partial charge in [-0.15, -0.1) is 0 Å². The highest BCUT2D eigenvalue weighted by molar-refractivity contribution is 9.10. The quantitative estimate of drug-likeness (QED) is 0.617. The highest BCUT2D eigenvalue weighted by Crippen LogP contribution is 2.06. The van der Waals surface area contributed by atoms with Gasteiger partial charge in [0.25, 0.3) is 0 Å². The van der Waals surface area contributed by atoms with E-state index in [1.807, 2.05) is 0 Å². The van der Waals surface area contributed by atoms with Crippen LogP contribution >= 0.6 is 15.9 Å². The molecule has 0 unspecified atom stereocenters. The SMILES string of the molecule is Cn1nc(Br)cc1C=O. The Labute approximate surface area is 60.8 Å². The van der Waals surface area contributed by atoms with Crippen molar-refractivity contribution in [1.82, 2.24) is 9.78 Å². The third-order valence-electron chi connectivity index (χ3n) is 1.01. The molecule has 0 radical (unpaired) electrons. The van der Waals surface area contributed by atoms with Crippen LogP contribution in [0.25, 0.3) is 0 Å². The summed E-state index contributed by atoms with van der Waals surface area (Å²) in [6, 6.07) is 1.66. The van der Waals surface area contributed by atoms with Crippen LogP contribution in [0.3, 0.4) is 0 Å². The van der Waals surface area contributed by atoms with E-state index >= 15 is 0 Å². The van der Waals surface area contributed by atoms with E-state index in [-0.39, 0.29) is 0 Å². The number of nitrogens with zero attached hydrogens (tertiary/aromatic N) is 2. The van der Waals surface area contributed by atoms with E-state index in [1.165, 1.54) is 4.68 Å². The third-order valence-corrected chi connectivity index (χ3v) is 1.39. The van der Waals surface area contributed by atoms with Crippen molar-refractivity contribution in [2.75, 3.05) is 0 Å². The van der Waals surface area contributed by atoms with Crippen LogP contribution in [0, 0.1) is 0 Å². The summed E-state index contributed by atoms with van der Waals surface area (Å²) in [6.45, 7) is 0. The molecule has 0 saturated carbocycles. The summed E-state index contributed by atoms with van der Waals surface area (Å²) in [5.41, 5.74) is 0.571. The highest BCUT2D eigenvalue weighted by atomic mass is 79.9. The van der Waals surface area contributed by atoms with Crippen molar-refractivity contribution in [3.63, 3.8) is 0 Å². The lowest BCUT2D eigenvalue weighted by atomic mass is 10.5. The summed E-state index contributed by atoms with van der Waals surface area (Å²) in [4.78, 5) is 10.2. The van der Waals surface area contributed by atoms with Crippen molar-refractivity contribution in [2.24, 2.45) is 7.05 Å². The first-order valence-corrected chi connectivity index (χ1v) is 3.18. The van der Waals surface area contributed by atoms with Crippen molar-refractivity contribution in [3.8, 4) is 0 Å². The average Bonchev–Trinajstić information content (AvgIpc) is 2.10. The topological polar surface area (TPSA) is 34.9 Å². The lowest BCUT2D eigenvalue weighted by Crippen LogP contribution is -1.95. The predicted molar refractivity (Wildman–Crippen MR) is 36.3 cm³/mol. The smallest absolute Gasteiger partial charge is 0.168 e. The van der Waals surface area contributed by atoms with Gasteiger partial charge in [-0.2, -0.15) is 5.10 Å². The molecule has 0 aromatic carbocycles. The van der Waals surface area contributed by atoms with Gasteiger partial charge < -0.3 is 0 Å². The van der Waals surface area contributed by atoms with Crippen LogP contribution in [0.4, 0.5) is 0 Å². The first kappa shape index (κ1) is 6.48. The summed E-state index contributed by atoms with van der Waals surface area (Å²) in [5, 5.41) is 3.88. The monoisotopic (exact) mass is 188 g/mol. The number of carbonyl (C=O) groups excluding carboxylic acids is 1. The number of carbonyl (C=O) groups is 1. The second-order valence-corrected chi connectivity index (χ2v) is 2.45. The summed E-state index contributed by atoms with van der Waals surface area (Å²) in [7, 11) is 1.72. The minimum Gasteiger partial charge on any atom is -0.296 e. The number of aryl methyl sites for hydroxylation is 1. The molecule has 0 saturated heterocycles. The van der Waals surface area contributed by atoms with Crippen molar-refractivity contribution in [3.05, 3.63) is 16.4 Å². The fourth-order valence-electron chi connectivity index (χ4n) is 0.556. The molecule has 0 N–H and O–H groups in total. The van der Waals surface area contributed by atoms with Crippen LogP contribution in [-0.2, 0) is 7.05 Å². The molecule has 48 valence electrons. The molecule has 9 heavy (non-hydrogen) atoms. The van der Waals surface area contributed by atoms with Crippen molar-refractivity contribution in [1.29, 1.82) is 0 Å². The Bertz CT molecular complexity index is 231. The van der Waals surface area contributed by atoms with E-state index in [9.17, 15) is 4.79 Å². The molecule has 0 fully saturated rings. The Balaban J connectivity index is 3.15. The van der Waals surface area contributed by atoms with Crippen LogP contribution in [0.1, 0.15) is 10.5 Å². The van der Waals surface area contributed by atoms with Crippen LogP contribution in [-0.4, -0.2) is 16.1 Å². The molecule has 1 aromatic heterocycles. The van der Waals surface area contributed by atoms with Gasteiger partial charge in [-0.3, -0.25) is 9.48 Å². The molecule has 0 aliphatic rings. The second-order valence-electron chi connectivity index (χ2n) is 1.63. The molecule has 0 atom stereocenters.